The van der Waals surface area contributed by atoms with Crippen molar-refractivity contribution in [2.45, 2.75) is 25.7 Å². The highest BCUT2D eigenvalue weighted by Gasteiger charge is 2.15. The van der Waals surface area contributed by atoms with Gasteiger partial charge in [0.05, 0.1) is 11.1 Å². The molecule has 0 atom stereocenters. The number of benzene rings is 4. The van der Waals surface area contributed by atoms with Gasteiger partial charge in [0.25, 0.3) is 0 Å². The molecule has 0 aliphatic carbocycles. The normalized spacial score (nSPS) is 10.9. The number of fused-ring (bicyclic) bond motifs is 1. The smallest absolute Gasteiger partial charge is 0.141 e. The van der Waals surface area contributed by atoms with Crippen LogP contribution in [0.4, 0.5) is 17.6 Å². The van der Waals surface area contributed by atoms with Gasteiger partial charge < -0.3 is 0 Å². The quantitative estimate of drug-likeness (QED) is 0.204. The fourth-order valence-corrected chi connectivity index (χ4v) is 4.08. The summed E-state index contributed by atoms with van der Waals surface area (Å²) in [6, 6.07) is 16.7. The lowest BCUT2D eigenvalue weighted by molar-refractivity contribution is 0.586. The van der Waals surface area contributed by atoms with Gasteiger partial charge in [0, 0.05) is 5.39 Å². The molecule has 0 spiro atoms. The zero-order valence-corrected chi connectivity index (χ0v) is 18.3. The van der Waals surface area contributed by atoms with E-state index in [-0.39, 0.29) is 11.1 Å². The van der Waals surface area contributed by atoms with E-state index in [0.29, 0.717) is 58.7 Å². The van der Waals surface area contributed by atoms with Gasteiger partial charge in [0.15, 0.2) is 0 Å². The highest BCUT2D eigenvalue weighted by atomic mass is 19.1. The maximum Gasteiger partial charge on any atom is 0.141 e. The minimum Gasteiger partial charge on any atom is -0.206 e. The molecule has 0 heterocycles. The summed E-state index contributed by atoms with van der Waals surface area (Å²) in [5.74, 6) is -2.34. The summed E-state index contributed by atoms with van der Waals surface area (Å²) in [6.45, 7) is 3.62. The molecule has 0 N–H and O–H groups in total. The lowest BCUT2D eigenvalue weighted by Crippen LogP contribution is -1.98. The van der Waals surface area contributed by atoms with E-state index in [1.54, 1.807) is 36.4 Å². The number of hydrogen-bond acceptors (Lipinski definition) is 1. The Hall–Kier alpha value is -3.91. The molecule has 0 unspecified atom stereocenters. The Balaban J connectivity index is 1.60. The topological polar surface area (TPSA) is 23.8 Å². The van der Waals surface area contributed by atoms with Gasteiger partial charge in [-0.3, -0.25) is 0 Å². The van der Waals surface area contributed by atoms with E-state index in [0.717, 1.165) is 0 Å². The van der Waals surface area contributed by atoms with Crippen LogP contribution in [0, 0.1) is 34.6 Å². The molecular weight excluding hydrogens is 438 g/mol. The molecule has 4 aromatic carbocycles. The highest BCUT2D eigenvalue weighted by Crippen LogP contribution is 2.32. The average molecular weight is 459 g/mol. The van der Waals surface area contributed by atoms with Crippen LogP contribution < -0.4 is 0 Å². The molecule has 0 bridgehead atoms. The number of halogens is 4. The number of nitrogens with zero attached hydrogens (tertiary/aromatic N) is 1. The first-order valence-corrected chi connectivity index (χ1v) is 10.9. The summed E-state index contributed by atoms with van der Waals surface area (Å²) >= 11 is 0. The van der Waals surface area contributed by atoms with Crippen molar-refractivity contribution < 1.29 is 17.6 Å². The average Bonchev–Trinajstić information content (AvgIpc) is 2.82. The Labute approximate surface area is 195 Å². The Morgan fingerprint density at radius 3 is 2.18 bits per heavy atom. The molecule has 0 amide bonds. The van der Waals surface area contributed by atoms with Crippen LogP contribution in [0.5, 0.6) is 0 Å². The van der Waals surface area contributed by atoms with Crippen molar-refractivity contribution in [2.75, 3.05) is 0 Å². The van der Waals surface area contributed by atoms with Crippen LogP contribution in [0.3, 0.4) is 0 Å². The predicted molar refractivity (Wildman–Crippen MR) is 126 cm³/mol. The van der Waals surface area contributed by atoms with Gasteiger partial charge >= 0.3 is 0 Å². The third-order valence-corrected chi connectivity index (χ3v) is 5.90. The lowest BCUT2D eigenvalue weighted by Gasteiger charge is -2.11. The van der Waals surface area contributed by atoms with E-state index < -0.39 is 23.3 Å². The minimum absolute atomic E-state index is 0.0317. The molecule has 0 aliphatic rings. The number of hydrogen-bond donors (Lipinski definition) is 0. The van der Waals surface area contributed by atoms with Crippen LogP contribution in [-0.2, 0) is 19.3 Å². The monoisotopic (exact) mass is 459 g/mol. The summed E-state index contributed by atoms with van der Waals surface area (Å²) in [7, 11) is 0. The summed E-state index contributed by atoms with van der Waals surface area (Å²) in [5, 5.41) is 9.70. The summed E-state index contributed by atoms with van der Waals surface area (Å²) in [5.41, 5.74) is 1.82. The molecule has 0 aliphatic heterocycles. The lowest BCUT2D eigenvalue weighted by atomic mass is 9.95. The highest BCUT2D eigenvalue weighted by molar-refractivity contribution is 5.88. The van der Waals surface area contributed by atoms with Gasteiger partial charge in [-0.25, -0.2) is 17.6 Å². The molecule has 5 heteroatoms. The zero-order valence-electron chi connectivity index (χ0n) is 18.3. The fraction of sp³-hybridized carbons (Fsp3) is 0.138. The van der Waals surface area contributed by atoms with E-state index in [1.165, 1.54) is 36.4 Å². The van der Waals surface area contributed by atoms with Crippen LogP contribution in [0.2, 0.25) is 0 Å². The first kappa shape index (κ1) is 23.3. The Morgan fingerprint density at radius 1 is 0.765 bits per heavy atom. The van der Waals surface area contributed by atoms with Crippen LogP contribution in [0.1, 0.15) is 28.7 Å². The maximum atomic E-state index is 15.2. The minimum atomic E-state index is -0.662. The number of rotatable bonds is 7. The van der Waals surface area contributed by atoms with Gasteiger partial charge in [-0.2, -0.15) is 5.26 Å². The molecule has 0 saturated carbocycles. The second-order valence-electron chi connectivity index (χ2n) is 8.16. The van der Waals surface area contributed by atoms with Gasteiger partial charge in [0.2, 0.25) is 0 Å². The van der Waals surface area contributed by atoms with E-state index in [2.05, 4.69) is 6.58 Å². The van der Waals surface area contributed by atoms with Gasteiger partial charge in [0.1, 0.15) is 29.3 Å². The summed E-state index contributed by atoms with van der Waals surface area (Å²) < 4.78 is 58.4. The van der Waals surface area contributed by atoms with Crippen LogP contribution in [0.25, 0.3) is 21.9 Å². The zero-order chi connectivity index (χ0) is 24.2. The van der Waals surface area contributed by atoms with Crippen molar-refractivity contribution in [1.82, 2.24) is 0 Å². The van der Waals surface area contributed by atoms with E-state index in [4.69, 9.17) is 5.26 Å². The summed E-state index contributed by atoms with van der Waals surface area (Å²) in [4.78, 5) is 0. The van der Waals surface area contributed by atoms with Gasteiger partial charge in [-0.1, -0.05) is 36.4 Å². The largest absolute Gasteiger partial charge is 0.206 e. The van der Waals surface area contributed by atoms with Crippen LogP contribution in [-0.4, -0.2) is 0 Å². The molecular formula is C29H21F4N. The van der Waals surface area contributed by atoms with Crippen molar-refractivity contribution in [3.05, 3.63) is 119 Å². The predicted octanol–water partition coefficient (Wildman–Crippen LogP) is 7.84. The second-order valence-corrected chi connectivity index (χ2v) is 8.16. The molecule has 4 rings (SSSR count). The Morgan fingerprint density at radius 2 is 1.50 bits per heavy atom. The van der Waals surface area contributed by atoms with Crippen LogP contribution >= 0.6 is 0 Å². The van der Waals surface area contributed by atoms with E-state index >= 15 is 4.39 Å². The molecule has 4 aromatic rings. The van der Waals surface area contributed by atoms with Crippen molar-refractivity contribution >= 4 is 10.8 Å². The number of allylic oxidation sites excluding steroid dienone is 1. The number of aryl methyl sites for hydroxylation is 3. The molecule has 0 radical (unpaired) electrons. The van der Waals surface area contributed by atoms with Crippen molar-refractivity contribution in [3.63, 3.8) is 0 Å². The SMILES string of the molecule is C=CCCc1cc(F)c(-c2ccc3c(F)c(CCc4ccc(C#N)c(F)c4)ccc3c2)c(F)c1. The van der Waals surface area contributed by atoms with Crippen molar-refractivity contribution in [2.24, 2.45) is 0 Å². The maximum absolute atomic E-state index is 15.2. The third-order valence-electron chi connectivity index (χ3n) is 5.90. The van der Waals surface area contributed by atoms with Crippen molar-refractivity contribution in [3.8, 4) is 17.2 Å². The van der Waals surface area contributed by atoms with Gasteiger partial charge in [-0.05, 0) is 83.7 Å². The summed E-state index contributed by atoms with van der Waals surface area (Å²) in [6.07, 6.45) is 3.55. The molecule has 1 nitrogen and oxygen atoms in total. The molecule has 0 fully saturated rings. The standard InChI is InChI=1S/C29H21F4N/c1-2-3-4-19-14-26(31)28(27(32)15-19)22-11-12-24-21(16-22)10-9-20(29(24)33)7-5-18-6-8-23(17-34)25(30)13-18/h2,6,8-16H,1,3-5,7H2. The molecule has 34 heavy (non-hydrogen) atoms. The first-order valence-electron chi connectivity index (χ1n) is 10.9. The fourth-order valence-electron chi connectivity index (χ4n) is 4.08. The Kier molecular flexibility index (Phi) is 6.79. The number of nitriles is 1. The molecule has 0 aromatic heterocycles. The molecule has 0 saturated heterocycles. The van der Waals surface area contributed by atoms with Crippen molar-refractivity contribution in [1.29, 1.82) is 5.26 Å². The van der Waals surface area contributed by atoms with Gasteiger partial charge in [-0.15, -0.1) is 6.58 Å². The first-order chi connectivity index (χ1) is 16.4. The molecule has 170 valence electrons. The van der Waals surface area contributed by atoms with Crippen LogP contribution in [0.15, 0.2) is 73.3 Å². The third kappa shape index (κ3) is 4.72. The van der Waals surface area contributed by atoms with E-state index in [1.807, 2.05) is 0 Å². The second kappa shape index (κ2) is 9.93. The Bertz CT molecular complexity index is 1410. The van der Waals surface area contributed by atoms with E-state index in [9.17, 15) is 13.2 Å².